The molecule has 1 aromatic carbocycles. The molecule has 0 bridgehead atoms. The van der Waals surface area contributed by atoms with E-state index >= 15 is 0 Å². The van der Waals surface area contributed by atoms with Crippen LogP contribution in [0.15, 0.2) is 48.9 Å². The van der Waals surface area contributed by atoms with Gasteiger partial charge in [0.25, 0.3) is 0 Å². The quantitative estimate of drug-likeness (QED) is 0.582. The lowest BCUT2D eigenvalue weighted by atomic mass is 10.2. The van der Waals surface area contributed by atoms with Crippen molar-refractivity contribution in [2.24, 2.45) is 5.92 Å². The van der Waals surface area contributed by atoms with Gasteiger partial charge in [0, 0.05) is 11.8 Å². The third kappa shape index (κ3) is 2.85. The topological polar surface area (TPSA) is 73.5 Å². The molecule has 27 heavy (non-hydrogen) atoms. The monoisotopic (exact) mass is 359 g/mol. The van der Waals surface area contributed by atoms with E-state index in [1.54, 1.807) is 12.5 Å². The van der Waals surface area contributed by atoms with E-state index in [0.717, 1.165) is 34.2 Å². The number of anilines is 2. The number of hydrogen-bond acceptors (Lipinski definition) is 5. The summed E-state index contributed by atoms with van der Waals surface area (Å²) in [6.07, 6.45) is 5.95. The Hall–Kier alpha value is -3.22. The van der Waals surface area contributed by atoms with Crippen molar-refractivity contribution < 1.29 is 0 Å². The third-order valence-electron chi connectivity index (χ3n) is 5.23. The van der Waals surface area contributed by atoms with E-state index in [-0.39, 0.29) is 0 Å². The van der Waals surface area contributed by atoms with Crippen LogP contribution in [0.2, 0.25) is 0 Å². The first kappa shape index (κ1) is 16.0. The standard InChI is InChI=1S/C20H21N7/c1-13-10-18(25-26(13)14(2)15-8-9-15)24-19-17-11-23-27(20(17)22-12-21-19)16-6-4-3-5-7-16/h3-7,10-12,14-15H,8-9H2,1-2H3,(H,21,22,24,25)/t14-/m1/s1. The molecule has 0 spiro atoms. The second-order valence-corrected chi connectivity index (χ2v) is 7.17. The lowest BCUT2D eigenvalue weighted by Crippen LogP contribution is -2.10. The highest BCUT2D eigenvalue weighted by atomic mass is 15.3. The summed E-state index contributed by atoms with van der Waals surface area (Å²) in [6, 6.07) is 12.5. The molecule has 4 aromatic rings. The summed E-state index contributed by atoms with van der Waals surface area (Å²) in [5, 5.41) is 13.5. The fourth-order valence-corrected chi connectivity index (χ4v) is 3.56. The Kier molecular flexibility index (Phi) is 3.67. The zero-order chi connectivity index (χ0) is 18.4. The van der Waals surface area contributed by atoms with Gasteiger partial charge in [-0.1, -0.05) is 18.2 Å². The zero-order valence-corrected chi connectivity index (χ0v) is 15.4. The van der Waals surface area contributed by atoms with Gasteiger partial charge in [-0.2, -0.15) is 10.2 Å². The molecule has 7 heteroatoms. The second kappa shape index (κ2) is 6.19. The first-order valence-corrected chi connectivity index (χ1v) is 9.28. The fraction of sp³-hybridized carbons (Fsp3) is 0.300. The molecule has 7 nitrogen and oxygen atoms in total. The van der Waals surface area contributed by atoms with Gasteiger partial charge in [0.2, 0.25) is 0 Å². The van der Waals surface area contributed by atoms with E-state index in [1.165, 1.54) is 12.8 Å². The van der Waals surface area contributed by atoms with E-state index in [2.05, 4.69) is 45.0 Å². The smallest absolute Gasteiger partial charge is 0.168 e. The summed E-state index contributed by atoms with van der Waals surface area (Å²) in [4.78, 5) is 8.84. The van der Waals surface area contributed by atoms with Crippen LogP contribution in [-0.4, -0.2) is 29.5 Å². The maximum atomic E-state index is 4.76. The third-order valence-corrected chi connectivity index (χ3v) is 5.23. The number of hydrogen-bond donors (Lipinski definition) is 1. The molecule has 5 rings (SSSR count). The first-order chi connectivity index (χ1) is 13.2. The molecule has 1 saturated carbocycles. The van der Waals surface area contributed by atoms with Gasteiger partial charge in [-0.05, 0) is 44.7 Å². The molecule has 1 aliphatic rings. The molecule has 3 aromatic heterocycles. The molecule has 0 aliphatic heterocycles. The summed E-state index contributed by atoms with van der Waals surface area (Å²) >= 11 is 0. The summed E-state index contributed by atoms with van der Waals surface area (Å²) in [7, 11) is 0. The minimum Gasteiger partial charge on any atom is -0.323 e. The van der Waals surface area contributed by atoms with Crippen LogP contribution in [0.3, 0.4) is 0 Å². The largest absolute Gasteiger partial charge is 0.323 e. The van der Waals surface area contributed by atoms with Crippen LogP contribution in [0.1, 0.15) is 31.5 Å². The van der Waals surface area contributed by atoms with E-state index in [0.29, 0.717) is 11.9 Å². The molecule has 0 amide bonds. The number of aromatic nitrogens is 6. The van der Waals surface area contributed by atoms with Gasteiger partial charge in [-0.25, -0.2) is 14.6 Å². The van der Waals surface area contributed by atoms with Crippen molar-refractivity contribution in [2.75, 3.05) is 5.32 Å². The maximum absolute atomic E-state index is 4.76. The summed E-state index contributed by atoms with van der Waals surface area (Å²) in [5.41, 5.74) is 2.89. The number of rotatable bonds is 5. The van der Waals surface area contributed by atoms with Gasteiger partial charge in [-0.15, -0.1) is 0 Å². The molecule has 0 radical (unpaired) electrons. The van der Waals surface area contributed by atoms with Crippen LogP contribution in [0.5, 0.6) is 0 Å². The number of para-hydroxylation sites is 1. The Morgan fingerprint density at radius 3 is 2.74 bits per heavy atom. The zero-order valence-electron chi connectivity index (χ0n) is 15.4. The van der Waals surface area contributed by atoms with Crippen molar-refractivity contribution in [1.29, 1.82) is 0 Å². The predicted molar refractivity (Wildman–Crippen MR) is 104 cm³/mol. The van der Waals surface area contributed by atoms with Crippen LogP contribution >= 0.6 is 0 Å². The van der Waals surface area contributed by atoms with Crippen molar-refractivity contribution in [2.45, 2.75) is 32.7 Å². The molecular weight excluding hydrogens is 338 g/mol. The van der Waals surface area contributed by atoms with Gasteiger partial charge in [0.05, 0.1) is 23.3 Å². The average molecular weight is 359 g/mol. The molecule has 0 unspecified atom stereocenters. The lowest BCUT2D eigenvalue weighted by molar-refractivity contribution is 0.432. The highest BCUT2D eigenvalue weighted by molar-refractivity contribution is 5.88. The van der Waals surface area contributed by atoms with Crippen molar-refractivity contribution in [1.82, 2.24) is 29.5 Å². The normalized spacial score (nSPS) is 15.2. The van der Waals surface area contributed by atoms with Crippen molar-refractivity contribution in [3.05, 3.63) is 54.6 Å². The van der Waals surface area contributed by atoms with Crippen LogP contribution < -0.4 is 5.32 Å². The fourth-order valence-electron chi connectivity index (χ4n) is 3.56. The van der Waals surface area contributed by atoms with Gasteiger partial charge < -0.3 is 5.32 Å². The molecule has 1 aliphatic carbocycles. The minimum atomic E-state index is 0.437. The van der Waals surface area contributed by atoms with Crippen LogP contribution in [0, 0.1) is 12.8 Å². The van der Waals surface area contributed by atoms with Crippen molar-refractivity contribution >= 4 is 22.7 Å². The minimum absolute atomic E-state index is 0.437. The first-order valence-electron chi connectivity index (χ1n) is 9.28. The van der Waals surface area contributed by atoms with Gasteiger partial charge in [-0.3, -0.25) is 4.68 Å². The maximum Gasteiger partial charge on any atom is 0.168 e. The Balaban J connectivity index is 1.49. The van der Waals surface area contributed by atoms with Crippen LogP contribution in [0.25, 0.3) is 16.7 Å². The summed E-state index contributed by atoms with van der Waals surface area (Å²) < 4.78 is 3.94. The Labute approximate surface area is 157 Å². The van der Waals surface area contributed by atoms with Crippen LogP contribution in [-0.2, 0) is 0 Å². The average Bonchev–Trinajstić information content (AvgIpc) is 3.35. The number of aryl methyl sites for hydroxylation is 1. The second-order valence-electron chi connectivity index (χ2n) is 7.17. The molecule has 3 heterocycles. The molecule has 1 atom stereocenters. The van der Waals surface area contributed by atoms with E-state index < -0.39 is 0 Å². The van der Waals surface area contributed by atoms with Crippen molar-refractivity contribution in [3.8, 4) is 5.69 Å². The highest BCUT2D eigenvalue weighted by Gasteiger charge is 2.30. The SMILES string of the molecule is Cc1cc(Nc2ncnc3c2cnn3-c2ccccc2)nn1[C@H](C)C1CC1. The predicted octanol–water partition coefficient (Wildman–Crippen LogP) is 4.04. The lowest BCUT2D eigenvalue weighted by Gasteiger charge is -2.12. The number of nitrogens with one attached hydrogen (secondary N) is 1. The molecule has 1 N–H and O–H groups in total. The molecule has 136 valence electrons. The van der Waals surface area contributed by atoms with Crippen molar-refractivity contribution in [3.63, 3.8) is 0 Å². The number of nitrogens with zero attached hydrogens (tertiary/aromatic N) is 6. The number of benzene rings is 1. The Bertz CT molecular complexity index is 1090. The summed E-state index contributed by atoms with van der Waals surface area (Å²) in [6.45, 7) is 4.34. The molecular formula is C20H21N7. The van der Waals surface area contributed by atoms with E-state index in [1.807, 2.05) is 35.0 Å². The van der Waals surface area contributed by atoms with Gasteiger partial charge >= 0.3 is 0 Å². The Morgan fingerprint density at radius 2 is 1.96 bits per heavy atom. The Morgan fingerprint density at radius 1 is 1.15 bits per heavy atom. The van der Waals surface area contributed by atoms with E-state index in [9.17, 15) is 0 Å². The molecule has 0 saturated heterocycles. The van der Waals surface area contributed by atoms with Crippen LogP contribution in [0.4, 0.5) is 11.6 Å². The van der Waals surface area contributed by atoms with Gasteiger partial charge in [0.1, 0.15) is 12.1 Å². The summed E-state index contributed by atoms with van der Waals surface area (Å²) in [5.74, 6) is 2.27. The number of fused-ring (bicyclic) bond motifs is 1. The molecule has 1 fully saturated rings. The highest BCUT2D eigenvalue weighted by Crippen LogP contribution is 2.40. The van der Waals surface area contributed by atoms with E-state index in [4.69, 9.17) is 5.10 Å². The van der Waals surface area contributed by atoms with Gasteiger partial charge in [0.15, 0.2) is 11.5 Å².